The van der Waals surface area contributed by atoms with Gasteiger partial charge in [-0.05, 0) is 51.0 Å². The first-order chi connectivity index (χ1) is 18.3. The van der Waals surface area contributed by atoms with E-state index >= 15 is 0 Å². The van der Waals surface area contributed by atoms with Crippen LogP contribution >= 0.6 is 11.6 Å². The summed E-state index contributed by atoms with van der Waals surface area (Å²) in [6, 6.07) is 4.99. The Bertz CT molecular complexity index is 1490. The predicted octanol–water partition coefficient (Wildman–Crippen LogP) is 3.48. The molecule has 0 bridgehead atoms. The van der Waals surface area contributed by atoms with E-state index < -0.39 is 11.5 Å². The summed E-state index contributed by atoms with van der Waals surface area (Å²) in [7, 11) is 0. The topological polar surface area (TPSA) is 123 Å². The first-order valence-corrected chi connectivity index (χ1v) is 12.6. The van der Waals surface area contributed by atoms with Gasteiger partial charge in [-0.1, -0.05) is 41.1 Å². The van der Waals surface area contributed by atoms with Crippen molar-refractivity contribution in [1.29, 1.82) is 0 Å². The number of allylic oxidation sites excluding steroid dienone is 4. The van der Waals surface area contributed by atoms with Gasteiger partial charge in [0.15, 0.2) is 5.82 Å². The van der Waals surface area contributed by atoms with Gasteiger partial charge in [0.25, 0.3) is 11.5 Å². The molecule has 1 N–H and O–H groups in total. The number of likely N-dealkylation sites (tertiary alicyclic amines) is 1. The van der Waals surface area contributed by atoms with Crippen molar-refractivity contribution in [3.8, 4) is 0 Å². The molecule has 0 saturated carbocycles. The fourth-order valence-electron chi connectivity index (χ4n) is 4.26. The zero-order valence-corrected chi connectivity index (χ0v) is 22.1. The van der Waals surface area contributed by atoms with E-state index in [1.54, 1.807) is 36.2 Å². The van der Waals surface area contributed by atoms with Gasteiger partial charge in [0, 0.05) is 36.2 Å². The van der Waals surface area contributed by atoms with Crippen LogP contribution in [0.4, 0.5) is 0 Å². The molecule has 1 saturated heterocycles. The largest absolute Gasteiger partial charge is 0.352 e. The van der Waals surface area contributed by atoms with E-state index in [9.17, 15) is 14.4 Å². The van der Waals surface area contributed by atoms with Crippen LogP contribution in [0.5, 0.6) is 0 Å². The van der Waals surface area contributed by atoms with E-state index in [2.05, 4.69) is 27.0 Å². The molecule has 0 aromatic carbocycles. The lowest BCUT2D eigenvalue weighted by atomic mass is 10.1. The maximum Gasteiger partial charge on any atom is 0.265 e. The van der Waals surface area contributed by atoms with Crippen LogP contribution in [-0.2, 0) is 11.3 Å². The van der Waals surface area contributed by atoms with Crippen LogP contribution in [0, 0.1) is 6.92 Å². The highest BCUT2D eigenvalue weighted by Crippen LogP contribution is 2.26. The minimum Gasteiger partial charge on any atom is -0.352 e. The SMILES string of the molecule is C=CC(Cl)=CC=C(C)CCNC(=O)c1cc2cccnc2n(CC(=O)N2CCC(c3nc(C)no3)C2)c1=O. The number of pyridine rings is 2. The van der Waals surface area contributed by atoms with Crippen LogP contribution in [0.3, 0.4) is 0 Å². The van der Waals surface area contributed by atoms with Crippen molar-refractivity contribution in [1.82, 2.24) is 29.9 Å². The maximum atomic E-state index is 13.4. The van der Waals surface area contributed by atoms with Crippen LogP contribution in [0.15, 0.2) is 69.1 Å². The Balaban J connectivity index is 1.49. The third kappa shape index (κ3) is 6.25. The fraction of sp³-hybridized carbons (Fsp3) is 0.333. The van der Waals surface area contributed by atoms with Crippen molar-refractivity contribution in [2.45, 2.75) is 39.2 Å². The minimum atomic E-state index is -0.571. The summed E-state index contributed by atoms with van der Waals surface area (Å²) < 4.78 is 6.53. The van der Waals surface area contributed by atoms with Crippen molar-refractivity contribution in [3.05, 3.63) is 87.4 Å². The van der Waals surface area contributed by atoms with Gasteiger partial charge in [0.2, 0.25) is 11.8 Å². The molecule has 3 aromatic heterocycles. The molecule has 4 heterocycles. The summed E-state index contributed by atoms with van der Waals surface area (Å²) >= 11 is 5.92. The molecule has 0 radical (unpaired) electrons. The van der Waals surface area contributed by atoms with E-state index in [-0.39, 0.29) is 23.9 Å². The van der Waals surface area contributed by atoms with Crippen molar-refractivity contribution < 1.29 is 14.1 Å². The second-order valence-electron chi connectivity index (χ2n) is 9.15. The third-order valence-corrected chi connectivity index (χ3v) is 6.63. The lowest BCUT2D eigenvalue weighted by molar-refractivity contribution is -0.130. The molecule has 1 atom stereocenters. The first-order valence-electron chi connectivity index (χ1n) is 12.3. The average molecular weight is 537 g/mol. The molecule has 1 fully saturated rings. The molecule has 0 aliphatic carbocycles. The molecule has 3 aromatic rings. The van der Waals surface area contributed by atoms with Crippen LogP contribution in [0.25, 0.3) is 11.0 Å². The van der Waals surface area contributed by atoms with Gasteiger partial charge in [-0.3, -0.25) is 19.0 Å². The van der Waals surface area contributed by atoms with Gasteiger partial charge in [-0.25, -0.2) is 4.98 Å². The van der Waals surface area contributed by atoms with Gasteiger partial charge in [-0.2, -0.15) is 4.98 Å². The van der Waals surface area contributed by atoms with Crippen molar-refractivity contribution in [2.24, 2.45) is 0 Å². The van der Waals surface area contributed by atoms with Gasteiger partial charge >= 0.3 is 0 Å². The molecule has 4 rings (SSSR count). The molecule has 2 amide bonds. The number of aryl methyl sites for hydroxylation is 1. The summed E-state index contributed by atoms with van der Waals surface area (Å²) in [5.41, 5.74) is 0.722. The molecule has 0 spiro atoms. The van der Waals surface area contributed by atoms with Crippen molar-refractivity contribution in [2.75, 3.05) is 19.6 Å². The van der Waals surface area contributed by atoms with Gasteiger partial charge in [0.05, 0.1) is 5.92 Å². The second-order valence-corrected chi connectivity index (χ2v) is 9.58. The number of hydrogen-bond acceptors (Lipinski definition) is 7. The summed E-state index contributed by atoms with van der Waals surface area (Å²) in [6.45, 7) is 8.27. The number of halogens is 1. The maximum absolute atomic E-state index is 13.4. The highest BCUT2D eigenvalue weighted by molar-refractivity contribution is 6.31. The highest BCUT2D eigenvalue weighted by Gasteiger charge is 2.31. The summed E-state index contributed by atoms with van der Waals surface area (Å²) in [6.07, 6.45) is 7.92. The molecular weight excluding hydrogens is 508 g/mol. The zero-order valence-electron chi connectivity index (χ0n) is 21.3. The van der Waals surface area contributed by atoms with Crippen molar-refractivity contribution in [3.63, 3.8) is 0 Å². The van der Waals surface area contributed by atoms with Gasteiger partial charge in [-0.15, -0.1) is 0 Å². The standard InChI is InChI=1S/C27H29ClN6O4/c1-4-21(28)8-7-17(2)9-12-30-25(36)22-14-19-6-5-11-29-24(19)34(27(22)37)16-23(35)33-13-10-20(15-33)26-31-18(3)32-38-26/h4-8,11,14,20H,1,9-10,12-13,15-16H2,2-3H3,(H,30,36). The van der Waals surface area contributed by atoms with E-state index in [4.69, 9.17) is 16.1 Å². The van der Waals surface area contributed by atoms with E-state index in [1.807, 2.05) is 13.0 Å². The van der Waals surface area contributed by atoms with Crippen LogP contribution in [0.1, 0.15) is 47.8 Å². The van der Waals surface area contributed by atoms with Crippen molar-refractivity contribution >= 4 is 34.4 Å². The number of amides is 2. The van der Waals surface area contributed by atoms with Crippen LogP contribution < -0.4 is 10.9 Å². The van der Waals surface area contributed by atoms with Crippen LogP contribution in [0.2, 0.25) is 0 Å². The number of aromatic nitrogens is 4. The fourth-order valence-corrected chi connectivity index (χ4v) is 4.32. The number of carbonyl (C=O) groups is 2. The van der Waals surface area contributed by atoms with Crippen LogP contribution in [-0.4, -0.2) is 56.0 Å². The molecule has 38 heavy (non-hydrogen) atoms. The smallest absolute Gasteiger partial charge is 0.265 e. The zero-order chi connectivity index (χ0) is 27.2. The molecule has 1 unspecified atom stereocenters. The van der Waals surface area contributed by atoms with Gasteiger partial charge < -0.3 is 14.7 Å². The van der Waals surface area contributed by atoms with E-state index in [0.29, 0.717) is 60.3 Å². The Hall–Kier alpha value is -4.05. The molecule has 11 heteroatoms. The number of carbonyl (C=O) groups excluding carboxylic acids is 2. The lowest BCUT2D eigenvalue weighted by Crippen LogP contribution is -2.38. The molecule has 10 nitrogen and oxygen atoms in total. The Kier molecular flexibility index (Phi) is 8.52. The highest BCUT2D eigenvalue weighted by atomic mass is 35.5. The number of rotatable bonds is 9. The predicted molar refractivity (Wildman–Crippen MR) is 144 cm³/mol. The molecular formula is C27H29ClN6O4. The number of nitrogens with one attached hydrogen (secondary N) is 1. The molecule has 198 valence electrons. The second kappa shape index (κ2) is 12.0. The van der Waals surface area contributed by atoms with Gasteiger partial charge in [0.1, 0.15) is 17.8 Å². The number of nitrogens with zero attached hydrogens (tertiary/aromatic N) is 5. The Morgan fingerprint density at radius 1 is 1.34 bits per heavy atom. The lowest BCUT2D eigenvalue weighted by Gasteiger charge is -2.18. The monoisotopic (exact) mass is 536 g/mol. The Labute approximate surface area is 224 Å². The third-order valence-electron chi connectivity index (χ3n) is 6.35. The quantitative estimate of drug-likeness (QED) is 0.415. The normalized spacial score (nSPS) is 16.2. The Morgan fingerprint density at radius 3 is 2.89 bits per heavy atom. The first kappa shape index (κ1) is 27.0. The molecule has 1 aliphatic heterocycles. The molecule has 1 aliphatic rings. The Morgan fingerprint density at radius 2 is 2.16 bits per heavy atom. The van der Waals surface area contributed by atoms with E-state index in [1.165, 1.54) is 16.7 Å². The summed E-state index contributed by atoms with van der Waals surface area (Å²) in [5, 5.41) is 7.72. The van der Waals surface area contributed by atoms with E-state index in [0.717, 1.165) is 5.57 Å². The number of fused-ring (bicyclic) bond motifs is 1. The average Bonchev–Trinajstić information content (AvgIpc) is 3.58. The minimum absolute atomic E-state index is 0.0461. The number of hydrogen-bond donors (Lipinski definition) is 1. The summed E-state index contributed by atoms with van der Waals surface area (Å²) in [5.74, 6) is 0.240. The summed E-state index contributed by atoms with van der Waals surface area (Å²) in [4.78, 5) is 49.8.